The first kappa shape index (κ1) is 25.9. The average Bonchev–Trinajstić information content (AvgIpc) is 3.38. The van der Waals surface area contributed by atoms with Crippen LogP contribution in [0.15, 0.2) is 29.6 Å². The quantitative estimate of drug-likeness (QED) is 0.309. The summed E-state index contributed by atoms with van der Waals surface area (Å²) in [4.78, 5) is 0. The number of alkyl halides is 3. The fourth-order valence-corrected chi connectivity index (χ4v) is 3.44. The van der Waals surface area contributed by atoms with Crippen LogP contribution in [0.3, 0.4) is 0 Å². The van der Waals surface area contributed by atoms with Crippen LogP contribution in [0.1, 0.15) is 23.6 Å². The van der Waals surface area contributed by atoms with E-state index in [0.717, 1.165) is 16.3 Å². The van der Waals surface area contributed by atoms with E-state index >= 15 is 0 Å². The number of halogens is 3. The summed E-state index contributed by atoms with van der Waals surface area (Å²) in [6, 6.07) is 12.3. The zero-order valence-electron chi connectivity index (χ0n) is 16.4. The molecule has 5 nitrogen and oxygen atoms in total. The van der Waals surface area contributed by atoms with E-state index in [0.29, 0.717) is 5.56 Å². The first-order valence-electron chi connectivity index (χ1n) is 8.44. The summed E-state index contributed by atoms with van der Waals surface area (Å²) in [6.07, 6.45) is -4.40. The summed E-state index contributed by atoms with van der Waals surface area (Å²) in [7, 11) is 1.43. The predicted octanol–water partition coefficient (Wildman–Crippen LogP) is 5.01. The second-order valence-electron chi connectivity index (χ2n) is 5.58. The Bertz CT molecular complexity index is 1080. The third-order valence-corrected chi connectivity index (χ3v) is 4.84. The number of aliphatic hydroxyl groups excluding tert-OH is 1. The number of rotatable bonds is 1. The van der Waals surface area contributed by atoms with Gasteiger partial charge in [0.2, 0.25) is 0 Å². The van der Waals surface area contributed by atoms with Crippen molar-refractivity contribution in [1.82, 2.24) is 15.0 Å². The van der Waals surface area contributed by atoms with Crippen molar-refractivity contribution in [3.8, 4) is 0 Å². The fraction of sp³-hybridized carbons (Fsp3) is 0.250. The minimum absolute atomic E-state index is 0.00116. The van der Waals surface area contributed by atoms with Crippen LogP contribution in [-0.4, -0.2) is 20.1 Å². The second kappa shape index (κ2) is 11.9. The summed E-state index contributed by atoms with van der Waals surface area (Å²) in [6.45, 7) is 6.76. The summed E-state index contributed by atoms with van der Waals surface area (Å²) in [5.74, 6) is 0. The summed E-state index contributed by atoms with van der Waals surface area (Å²) in [5.41, 5.74) is 1.02. The van der Waals surface area contributed by atoms with Gasteiger partial charge in [-0.1, -0.05) is 22.9 Å². The van der Waals surface area contributed by atoms with Gasteiger partial charge < -0.3 is 12.0 Å². The molecule has 0 aliphatic rings. The van der Waals surface area contributed by atoms with Gasteiger partial charge in [0.1, 0.15) is 0 Å². The Morgan fingerprint density at radius 1 is 1.27 bits per heavy atom. The Hall–Kier alpha value is -2.13. The van der Waals surface area contributed by atoms with Crippen LogP contribution in [0.25, 0.3) is 21.1 Å². The molecule has 163 valence electrons. The van der Waals surface area contributed by atoms with Crippen molar-refractivity contribution in [2.45, 2.75) is 26.6 Å². The first-order valence-corrected chi connectivity index (χ1v) is 9.80. The van der Waals surface area contributed by atoms with E-state index in [-0.39, 0.29) is 17.6 Å². The first-order chi connectivity index (χ1) is 14.3. The van der Waals surface area contributed by atoms with Gasteiger partial charge in [-0.2, -0.15) is 66.9 Å². The Morgan fingerprint density at radius 3 is 2.53 bits per heavy atom. The van der Waals surface area contributed by atoms with E-state index in [1.807, 2.05) is 23.6 Å². The van der Waals surface area contributed by atoms with Gasteiger partial charge in [-0.05, 0) is 16.5 Å². The molecule has 0 saturated carbocycles. The van der Waals surface area contributed by atoms with Gasteiger partial charge in [-0.25, -0.2) is 0 Å². The van der Waals surface area contributed by atoms with E-state index in [2.05, 4.69) is 29.4 Å². The van der Waals surface area contributed by atoms with Crippen molar-refractivity contribution in [1.29, 1.82) is 0 Å². The van der Waals surface area contributed by atoms with E-state index < -0.39 is 11.7 Å². The predicted molar refractivity (Wildman–Crippen MR) is 105 cm³/mol. The topological polar surface area (TPSA) is 68.0 Å². The van der Waals surface area contributed by atoms with E-state index in [1.54, 1.807) is 41.1 Å². The molecule has 0 amide bonds. The third-order valence-electron chi connectivity index (χ3n) is 3.83. The number of hydrogen-bond acceptors (Lipinski definition) is 5. The number of aliphatic hydroxyl groups is 1. The number of hydrogen-bond donors (Lipinski definition) is 1. The Morgan fingerprint density at radius 2 is 1.93 bits per heavy atom. The van der Waals surface area contributed by atoms with Gasteiger partial charge >= 0.3 is 26.0 Å². The van der Waals surface area contributed by atoms with Crippen LogP contribution in [0.4, 0.5) is 13.2 Å². The molecule has 0 unspecified atom stereocenters. The fourth-order valence-electron chi connectivity index (χ4n) is 2.55. The summed E-state index contributed by atoms with van der Waals surface area (Å²) in [5, 5.41) is 19.4. The van der Waals surface area contributed by atoms with Gasteiger partial charge in [0.05, 0.1) is 0 Å². The van der Waals surface area contributed by atoms with Crippen LogP contribution < -0.4 is 0 Å². The van der Waals surface area contributed by atoms with Crippen molar-refractivity contribution in [2.24, 2.45) is 7.05 Å². The van der Waals surface area contributed by atoms with Gasteiger partial charge in [-0.15, -0.1) is 16.5 Å². The van der Waals surface area contributed by atoms with Crippen LogP contribution in [0, 0.1) is 26.0 Å². The van der Waals surface area contributed by atoms with Gasteiger partial charge in [0, 0.05) is 19.2 Å². The van der Waals surface area contributed by atoms with E-state index in [1.165, 1.54) is 17.1 Å². The Kier molecular flexibility index (Phi) is 10.3. The molecule has 0 bridgehead atoms. The SMILES string of the molecule is Cc1[c-]cc(C(F)(F)F)c2c1nnn2C.OCc1c[c-]cc2ccsc12.[CH2-]C.[O]=[Mn]. The van der Waals surface area contributed by atoms with Gasteiger partial charge in [-0.3, -0.25) is 4.68 Å². The van der Waals surface area contributed by atoms with Crippen LogP contribution >= 0.6 is 11.3 Å². The molecule has 0 spiro atoms. The Labute approximate surface area is 184 Å². The zero-order chi connectivity index (χ0) is 22.9. The zero-order valence-corrected chi connectivity index (χ0v) is 18.4. The molecule has 0 aliphatic heterocycles. The monoisotopic (exact) mass is 477 g/mol. The molecule has 4 aromatic rings. The van der Waals surface area contributed by atoms with Crippen molar-refractivity contribution in [2.75, 3.05) is 0 Å². The maximum absolute atomic E-state index is 12.6. The van der Waals surface area contributed by atoms with Crippen LogP contribution in [0.5, 0.6) is 0 Å². The standard InChI is InChI=1S/C9H7F3N3.C9H7OS.C2H5.Mn.O/c1-5-3-4-6(9(10,11)12)8-7(5)13-14-15(8)2;10-6-8-3-1-2-7-4-5-11-9(7)8;1-2;;/h4H,1-2H3;2-5,10H,6H2;1H2,2H3;;/q3*-1;;. The van der Waals surface area contributed by atoms with E-state index in [9.17, 15) is 13.2 Å². The summed E-state index contributed by atoms with van der Waals surface area (Å²) >= 11 is 3.35. The molecule has 30 heavy (non-hydrogen) atoms. The molecule has 10 heteroatoms. The molecule has 0 atom stereocenters. The molecule has 0 radical (unpaired) electrons. The molecule has 0 saturated heterocycles. The van der Waals surface area contributed by atoms with Crippen LogP contribution in [0.2, 0.25) is 0 Å². The molecule has 0 aliphatic carbocycles. The normalized spacial score (nSPS) is 10.4. The van der Waals surface area contributed by atoms with Crippen molar-refractivity contribution in [3.63, 3.8) is 0 Å². The van der Waals surface area contributed by atoms with Crippen molar-refractivity contribution in [3.05, 3.63) is 65.4 Å². The minimum atomic E-state index is -4.40. The second-order valence-corrected chi connectivity index (χ2v) is 6.50. The number of aromatic nitrogens is 3. The average molecular weight is 477 g/mol. The molecule has 4 rings (SSSR count). The van der Waals surface area contributed by atoms with Crippen molar-refractivity contribution < 1.29 is 38.1 Å². The molecule has 2 aromatic heterocycles. The molecular formula is C20H19F3MnN3O2S-3. The number of nitrogens with zero attached hydrogens (tertiary/aromatic N) is 3. The number of fused-ring (bicyclic) bond motifs is 2. The van der Waals surface area contributed by atoms with Crippen LogP contribution in [-0.2, 0) is 39.6 Å². The molecular weight excluding hydrogens is 458 g/mol. The maximum atomic E-state index is 12.6. The third kappa shape index (κ3) is 5.95. The van der Waals surface area contributed by atoms with E-state index in [4.69, 9.17) is 8.94 Å². The molecule has 2 aromatic carbocycles. The molecule has 1 N–H and O–H groups in total. The molecule has 0 fully saturated rings. The Balaban J connectivity index is 0.000000265. The van der Waals surface area contributed by atoms with Gasteiger partial charge in [0.15, 0.2) is 0 Å². The number of aryl methyl sites for hydroxylation is 2. The number of benzene rings is 2. The summed E-state index contributed by atoms with van der Waals surface area (Å²) < 4.78 is 48.2. The van der Waals surface area contributed by atoms with Gasteiger partial charge in [0.25, 0.3) is 0 Å². The molecule has 2 heterocycles. The number of thiophene rings is 1. The van der Waals surface area contributed by atoms with Crippen molar-refractivity contribution >= 4 is 32.5 Å².